The minimum atomic E-state index is -0.993. The molecule has 1 saturated heterocycles. The van der Waals surface area contributed by atoms with Crippen molar-refractivity contribution >= 4 is 23.9 Å². The quantitative estimate of drug-likeness (QED) is 0.425. The molecule has 9 nitrogen and oxygen atoms in total. The molecule has 226 valence electrons. The average Bonchev–Trinajstić information content (AvgIpc) is 3.04. The van der Waals surface area contributed by atoms with Crippen molar-refractivity contribution in [3.05, 3.63) is 0 Å². The highest BCUT2D eigenvalue weighted by Gasteiger charge is 2.85. The summed E-state index contributed by atoms with van der Waals surface area (Å²) in [5.74, 6) is -1.84. The van der Waals surface area contributed by atoms with Gasteiger partial charge in [0.25, 0.3) is 0 Å². The van der Waals surface area contributed by atoms with Crippen LogP contribution in [0, 0.1) is 27.6 Å². The standard InChI is InChI=1S/C31H51N3O6/c1-27(2,3)22(33-23(35)21(19-13-10-9-11-14-19)32-26(39)40-28(4,5)6)24(36)34-18-31(17-20(34)25(37)38)29(7,8)30(31)15-12-16-30/h19-22H,9-18H2,1-8H3,(H,32,39)(H,33,35)(H,37,38)/t20-,21-,22+,31+/m0/s1. The van der Waals surface area contributed by atoms with Gasteiger partial charge in [0.15, 0.2) is 0 Å². The van der Waals surface area contributed by atoms with Crippen LogP contribution in [0.1, 0.15) is 113 Å². The highest BCUT2D eigenvalue weighted by molar-refractivity contribution is 5.94. The monoisotopic (exact) mass is 561 g/mol. The van der Waals surface area contributed by atoms with Crippen molar-refractivity contribution in [3.8, 4) is 0 Å². The molecule has 0 aromatic rings. The molecule has 3 saturated carbocycles. The summed E-state index contributed by atoms with van der Waals surface area (Å²) in [4.78, 5) is 54.8. The Labute approximate surface area is 239 Å². The van der Waals surface area contributed by atoms with E-state index < -0.39 is 47.1 Å². The van der Waals surface area contributed by atoms with Gasteiger partial charge in [0, 0.05) is 12.0 Å². The van der Waals surface area contributed by atoms with Crippen LogP contribution in [0.4, 0.5) is 4.79 Å². The Hall–Kier alpha value is -2.32. The highest BCUT2D eigenvalue weighted by Crippen LogP contribution is 2.88. The fraction of sp³-hybridized carbons (Fsp3) is 0.871. The van der Waals surface area contributed by atoms with E-state index in [4.69, 9.17) is 4.74 Å². The highest BCUT2D eigenvalue weighted by atomic mass is 16.6. The minimum Gasteiger partial charge on any atom is -0.480 e. The number of hydrogen-bond donors (Lipinski definition) is 3. The number of carboxylic acids is 1. The summed E-state index contributed by atoms with van der Waals surface area (Å²) in [6, 6.07) is -2.70. The molecule has 40 heavy (non-hydrogen) atoms. The topological polar surface area (TPSA) is 125 Å². The van der Waals surface area contributed by atoms with Crippen LogP contribution in [0.2, 0.25) is 0 Å². The first-order valence-corrected chi connectivity index (χ1v) is 15.2. The predicted molar refractivity (Wildman–Crippen MR) is 151 cm³/mol. The number of aliphatic carboxylic acids is 1. The molecule has 0 aromatic heterocycles. The van der Waals surface area contributed by atoms with Crippen LogP contribution >= 0.6 is 0 Å². The van der Waals surface area contributed by atoms with Crippen LogP contribution in [-0.4, -0.2) is 64.2 Å². The Bertz CT molecular complexity index is 1030. The number of carboxylic acid groups (broad SMARTS) is 1. The molecule has 3 N–H and O–H groups in total. The third-order valence-electron chi connectivity index (χ3n) is 10.9. The summed E-state index contributed by atoms with van der Waals surface area (Å²) in [6.07, 6.45) is 7.72. The van der Waals surface area contributed by atoms with Crippen LogP contribution < -0.4 is 10.6 Å². The number of hydrogen-bond acceptors (Lipinski definition) is 5. The second-order valence-corrected chi connectivity index (χ2v) is 15.5. The molecule has 0 unspecified atom stereocenters. The van der Waals surface area contributed by atoms with E-state index in [9.17, 15) is 24.3 Å². The Morgan fingerprint density at radius 1 is 0.900 bits per heavy atom. The van der Waals surface area contributed by atoms with Gasteiger partial charge in [-0.1, -0.05) is 60.3 Å². The maximum absolute atomic E-state index is 14.2. The lowest BCUT2D eigenvalue weighted by molar-refractivity contribution is -0.151. The summed E-state index contributed by atoms with van der Waals surface area (Å²) < 4.78 is 5.47. The molecule has 0 bridgehead atoms. The maximum Gasteiger partial charge on any atom is 0.408 e. The largest absolute Gasteiger partial charge is 0.480 e. The number of amides is 3. The zero-order chi connectivity index (χ0) is 29.9. The Morgan fingerprint density at radius 2 is 1.50 bits per heavy atom. The Kier molecular flexibility index (Phi) is 7.81. The average molecular weight is 562 g/mol. The number of nitrogens with one attached hydrogen (secondary N) is 2. The van der Waals surface area contributed by atoms with Crippen molar-refractivity contribution in [2.45, 2.75) is 137 Å². The van der Waals surface area contributed by atoms with Gasteiger partial charge in [0.2, 0.25) is 11.8 Å². The molecule has 0 aromatic carbocycles. The second kappa shape index (κ2) is 10.2. The predicted octanol–water partition coefficient (Wildman–Crippen LogP) is 4.87. The fourth-order valence-corrected chi connectivity index (χ4v) is 8.40. The van der Waals surface area contributed by atoms with E-state index in [1.807, 2.05) is 20.8 Å². The van der Waals surface area contributed by atoms with Gasteiger partial charge >= 0.3 is 12.1 Å². The van der Waals surface area contributed by atoms with Gasteiger partial charge in [-0.3, -0.25) is 9.59 Å². The van der Waals surface area contributed by atoms with Crippen molar-refractivity contribution < 1.29 is 29.0 Å². The number of alkyl carbamates (subject to hydrolysis) is 1. The summed E-state index contributed by atoms with van der Waals surface area (Å²) in [5, 5.41) is 16.0. The van der Waals surface area contributed by atoms with Crippen LogP contribution in [0.3, 0.4) is 0 Å². The van der Waals surface area contributed by atoms with Crippen LogP contribution in [0.5, 0.6) is 0 Å². The fourth-order valence-electron chi connectivity index (χ4n) is 8.40. The first-order valence-electron chi connectivity index (χ1n) is 15.2. The third kappa shape index (κ3) is 5.11. The van der Waals surface area contributed by atoms with Gasteiger partial charge in [-0.05, 0) is 75.0 Å². The smallest absolute Gasteiger partial charge is 0.408 e. The van der Waals surface area contributed by atoms with E-state index in [1.165, 1.54) is 4.90 Å². The van der Waals surface area contributed by atoms with Crippen molar-refractivity contribution in [1.29, 1.82) is 0 Å². The molecule has 1 heterocycles. The lowest BCUT2D eigenvalue weighted by Gasteiger charge is -2.37. The molecule has 9 heteroatoms. The molecular weight excluding hydrogens is 510 g/mol. The van der Waals surface area contributed by atoms with Gasteiger partial charge in [-0.15, -0.1) is 0 Å². The lowest BCUT2D eigenvalue weighted by Crippen LogP contribution is -2.61. The number of carbonyl (C=O) groups excluding carboxylic acids is 3. The van der Waals surface area contributed by atoms with E-state index in [0.29, 0.717) is 13.0 Å². The molecule has 1 aliphatic heterocycles. The van der Waals surface area contributed by atoms with E-state index >= 15 is 0 Å². The van der Waals surface area contributed by atoms with Gasteiger partial charge in [0.1, 0.15) is 23.7 Å². The van der Waals surface area contributed by atoms with E-state index in [2.05, 4.69) is 24.5 Å². The number of likely N-dealkylation sites (tertiary alicyclic amines) is 1. The van der Waals surface area contributed by atoms with Crippen LogP contribution in [-0.2, 0) is 19.1 Å². The van der Waals surface area contributed by atoms with Gasteiger partial charge in [0.05, 0.1) is 0 Å². The van der Waals surface area contributed by atoms with Crippen molar-refractivity contribution in [2.75, 3.05) is 6.54 Å². The molecule has 2 spiro atoms. The molecule has 4 atom stereocenters. The number of fused-ring (bicyclic) bond motifs is 1. The van der Waals surface area contributed by atoms with Gasteiger partial charge in [-0.25, -0.2) is 9.59 Å². The molecule has 4 aliphatic rings. The molecule has 3 aliphatic carbocycles. The third-order valence-corrected chi connectivity index (χ3v) is 10.9. The van der Waals surface area contributed by atoms with E-state index in [0.717, 1.165) is 51.4 Å². The zero-order valence-electron chi connectivity index (χ0n) is 25.8. The molecule has 3 amide bonds. The molecular formula is C31H51N3O6. The first kappa shape index (κ1) is 30.6. The number of rotatable bonds is 6. The summed E-state index contributed by atoms with van der Waals surface area (Å²) in [7, 11) is 0. The first-order chi connectivity index (χ1) is 18.4. The van der Waals surface area contributed by atoms with Crippen molar-refractivity contribution in [2.24, 2.45) is 27.6 Å². The lowest BCUT2D eigenvalue weighted by atomic mass is 9.73. The normalized spacial score (nSPS) is 28.9. The van der Waals surface area contributed by atoms with Gasteiger partial charge in [-0.2, -0.15) is 0 Å². The van der Waals surface area contributed by atoms with Crippen LogP contribution in [0.25, 0.3) is 0 Å². The minimum absolute atomic E-state index is 0.0229. The maximum atomic E-state index is 14.2. The number of nitrogens with zero attached hydrogens (tertiary/aromatic N) is 1. The van der Waals surface area contributed by atoms with E-state index in [-0.39, 0.29) is 28.1 Å². The number of carbonyl (C=O) groups is 4. The van der Waals surface area contributed by atoms with Crippen molar-refractivity contribution in [1.82, 2.24) is 15.5 Å². The zero-order valence-corrected chi connectivity index (χ0v) is 25.8. The van der Waals surface area contributed by atoms with Gasteiger partial charge < -0.3 is 25.4 Å². The summed E-state index contributed by atoms with van der Waals surface area (Å²) in [5.41, 5.74) is -1.51. The molecule has 0 radical (unpaired) electrons. The van der Waals surface area contributed by atoms with Crippen LogP contribution in [0.15, 0.2) is 0 Å². The summed E-state index contributed by atoms with van der Waals surface area (Å²) >= 11 is 0. The molecule has 4 fully saturated rings. The Balaban J connectivity index is 1.57. The van der Waals surface area contributed by atoms with E-state index in [1.54, 1.807) is 20.8 Å². The summed E-state index contributed by atoms with van der Waals surface area (Å²) in [6.45, 7) is 15.8. The SMILES string of the molecule is CC(C)(C)OC(=O)N[C@H](C(=O)N[C@H](C(=O)N1C[C@]2(C[C@H]1C(=O)O)C(C)(C)C21CCC1)C(C)(C)C)C1CCCCC1. The number of ether oxygens (including phenoxy) is 1. The Morgan fingerprint density at radius 3 is 1.95 bits per heavy atom. The molecule has 4 rings (SSSR count). The second-order valence-electron chi connectivity index (χ2n) is 15.5. The van der Waals surface area contributed by atoms with Crippen molar-refractivity contribution in [3.63, 3.8) is 0 Å².